The molecule has 1 N–H and O–H groups in total. The fourth-order valence-electron chi connectivity index (χ4n) is 2.95. The van der Waals surface area contributed by atoms with E-state index < -0.39 is 0 Å². The summed E-state index contributed by atoms with van der Waals surface area (Å²) in [6.45, 7) is 3.68. The Morgan fingerprint density at radius 1 is 1.36 bits per heavy atom. The highest BCUT2D eigenvalue weighted by molar-refractivity contribution is 7.20. The summed E-state index contributed by atoms with van der Waals surface area (Å²) in [6.07, 6.45) is 3.20. The van der Waals surface area contributed by atoms with Crippen LogP contribution in [0.4, 0.5) is 5.13 Å². The predicted octanol–water partition coefficient (Wildman–Crippen LogP) is 3.29. The number of ether oxygens (including phenoxy) is 1. The molecule has 0 spiro atoms. The number of hydrogen-bond donors (Lipinski definition) is 1. The molecular formula is C16H18N4OS. The van der Waals surface area contributed by atoms with Gasteiger partial charge >= 0.3 is 0 Å². The second-order valence-corrected chi connectivity index (χ2v) is 6.60. The number of aryl methyl sites for hydroxylation is 1. The fraction of sp³-hybridized carbons (Fsp3) is 0.375. The lowest BCUT2D eigenvalue weighted by Crippen LogP contribution is -2.17. The van der Waals surface area contributed by atoms with E-state index in [-0.39, 0.29) is 6.10 Å². The molecule has 0 radical (unpaired) electrons. The van der Waals surface area contributed by atoms with E-state index in [0.29, 0.717) is 5.92 Å². The molecule has 114 valence electrons. The van der Waals surface area contributed by atoms with Crippen molar-refractivity contribution in [2.75, 3.05) is 18.5 Å². The number of anilines is 1. The van der Waals surface area contributed by atoms with Crippen LogP contribution in [0.5, 0.6) is 0 Å². The summed E-state index contributed by atoms with van der Waals surface area (Å²) < 4.78 is 7.76. The number of aromatic nitrogens is 3. The van der Waals surface area contributed by atoms with Gasteiger partial charge in [0.05, 0.1) is 18.0 Å². The topological polar surface area (TPSA) is 51.5 Å². The van der Waals surface area contributed by atoms with E-state index in [0.717, 1.165) is 35.4 Å². The number of nitrogens with zero attached hydrogens (tertiary/aromatic N) is 3. The monoisotopic (exact) mass is 314 g/mol. The average Bonchev–Trinajstić information content (AvgIpc) is 3.20. The van der Waals surface area contributed by atoms with Crippen molar-refractivity contribution >= 4 is 21.4 Å². The molecule has 3 aromatic rings. The third kappa shape index (κ3) is 2.60. The van der Waals surface area contributed by atoms with Gasteiger partial charge in [0.2, 0.25) is 10.1 Å². The molecule has 6 heteroatoms. The molecule has 0 bridgehead atoms. The smallest absolute Gasteiger partial charge is 0.214 e. The van der Waals surface area contributed by atoms with E-state index in [1.807, 2.05) is 23.7 Å². The molecule has 22 heavy (non-hydrogen) atoms. The predicted molar refractivity (Wildman–Crippen MR) is 87.3 cm³/mol. The number of rotatable bonds is 4. The molecule has 1 saturated heterocycles. The first kappa shape index (κ1) is 13.7. The Morgan fingerprint density at radius 2 is 2.23 bits per heavy atom. The highest BCUT2D eigenvalue weighted by Gasteiger charge is 2.29. The van der Waals surface area contributed by atoms with E-state index in [2.05, 4.69) is 39.7 Å². The number of fused-ring (bicyclic) bond motifs is 1. The average molecular weight is 314 g/mol. The molecule has 0 unspecified atom stereocenters. The van der Waals surface area contributed by atoms with Gasteiger partial charge in [-0.3, -0.25) is 0 Å². The molecule has 0 aliphatic carbocycles. The lowest BCUT2D eigenvalue weighted by Gasteiger charge is -2.19. The van der Waals surface area contributed by atoms with Crippen molar-refractivity contribution in [3.8, 4) is 0 Å². The molecule has 0 amide bonds. The molecule has 1 fully saturated rings. The van der Waals surface area contributed by atoms with Crippen LogP contribution in [0, 0.1) is 12.8 Å². The van der Waals surface area contributed by atoms with Gasteiger partial charge in [0.15, 0.2) is 0 Å². The van der Waals surface area contributed by atoms with Gasteiger partial charge in [-0.1, -0.05) is 41.7 Å². The van der Waals surface area contributed by atoms with Crippen LogP contribution >= 0.6 is 11.3 Å². The SMILES string of the molecule is Cc1cn2nc(NC[C@H]3CCO[C@@H]3c3ccccc3)sc2n1. The maximum absolute atomic E-state index is 5.93. The van der Waals surface area contributed by atoms with Gasteiger partial charge in [-0.25, -0.2) is 9.50 Å². The van der Waals surface area contributed by atoms with Crippen LogP contribution in [-0.2, 0) is 4.74 Å². The van der Waals surface area contributed by atoms with Gasteiger partial charge in [-0.15, -0.1) is 5.10 Å². The number of imidazole rings is 1. The summed E-state index contributed by atoms with van der Waals surface area (Å²) in [5, 5.41) is 8.88. The summed E-state index contributed by atoms with van der Waals surface area (Å²) in [4.78, 5) is 5.36. The second-order valence-electron chi connectivity index (χ2n) is 5.65. The minimum Gasteiger partial charge on any atom is -0.373 e. The van der Waals surface area contributed by atoms with E-state index in [1.54, 1.807) is 11.3 Å². The Hall–Kier alpha value is -1.92. The van der Waals surface area contributed by atoms with Crippen LogP contribution in [0.25, 0.3) is 4.96 Å². The Balaban J connectivity index is 1.45. The zero-order valence-corrected chi connectivity index (χ0v) is 13.2. The number of nitrogens with one attached hydrogen (secondary N) is 1. The van der Waals surface area contributed by atoms with Gasteiger partial charge in [0.25, 0.3) is 0 Å². The molecule has 1 aliphatic rings. The third-order valence-electron chi connectivity index (χ3n) is 4.02. The summed E-state index contributed by atoms with van der Waals surface area (Å²) >= 11 is 1.59. The highest BCUT2D eigenvalue weighted by atomic mass is 32.1. The van der Waals surface area contributed by atoms with Gasteiger partial charge < -0.3 is 10.1 Å². The van der Waals surface area contributed by atoms with Crippen molar-refractivity contribution < 1.29 is 4.74 Å². The van der Waals surface area contributed by atoms with Gasteiger partial charge in [-0.2, -0.15) is 0 Å². The van der Waals surface area contributed by atoms with Crippen LogP contribution in [0.15, 0.2) is 36.5 Å². The second kappa shape index (κ2) is 5.70. The molecule has 2 aromatic heterocycles. The minimum absolute atomic E-state index is 0.181. The largest absolute Gasteiger partial charge is 0.373 e. The van der Waals surface area contributed by atoms with Crippen molar-refractivity contribution in [1.82, 2.24) is 14.6 Å². The summed E-state index contributed by atoms with van der Waals surface area (Å²) in [5.41, 5.74) is 2.26. The number of benzene rings is 1. The number of hydrogen-bond acceptors (Lipinski definition) is 5. The minimum atomic E-state index is 0.181. The first-order valence-corrected chi connectivity index (χ1v) is 8.34. The van der Waals surface area contributed by atoms with Crippen LogP contribution in [0.1, 0.15) is 23.8 Å². The maximum atomic E-state index is 5.93. The molecule has 1 aliphatic heterocycles. The molecule has 4 rings (SSSR count). The molecule has 2 atom stereocenters. The van der Waals surface area contributed by atoms with Crippen LogP contribution < -0.4 is 5.32 Å². The van der Waals surface area contributed by atoms with Gasteiger partial charge in [-0.05, 0) is 18.9 Å². The van der Waals surface area contributed by atoms with Crippen molar-refractivity contribution in [2.24, 2.45) is 5.92 Å². The third-order valence-corrected chi connectivity index (χ3v) is 4.90. The molecule has 1 aromatic carbocycles. The first-order chi connectivity index (χ1) is 10.8. The van der Waals surface area contributed by atoms with Crippen LogP contribution in [-0.4, -0.2) is 27.7 Å². The molecule has 5 nitrogen and oxygen atoms in total. The Kier molecular flexibility index (Phi) is 3.56. The Bertz CT molecular complexity index is 735. The summed E-state index contributed by atoms with van der Waals surface area (Å²) in [6, 6.07) is 10.5. The highest BCUT2D eigenvalue weighted by Crippen LogP contribution is 2.34. The Labute approximate surface area is 133 Å². The first-order valence-electron chi connectivity index (χ1n) is 7.53. The normalized spacial score (nSPS) is 21.5. The molecule has 0 saturated carbocycles. The Morgan fingerprint density at radius 3 is 3.05 bits per heavy atom. The maximum Gasteiger partial charge on any atom is 0.214 e. The van der Waals surface area contributed by atoms with Gasteiger partial charge in [0.1, 0.15) is 0 Å². The van der Waals surface area contributed by atoms with E-state index in [1.165, 1.54) is 5.56 Å². The standard InChI is InChI=1S/C16H18N4OS/c1-11-10-20-16(18-11)22-15(19-20)17-9-13-7-8-21-14(13)12-5-3-2-4-6-12/h2-6,10,13-14H,7-9H2,1H3,(H,17,19)/t13-,14-/m1/s1. The van der Waals surface area contributed by atoms with Crippen molar-refractivity contribution in [2.45, 2.75) is 19.4 Å². The van der Waals surface area contributed by atoms with Crippen molar-refractivity contribution in [3.05, 3.63) is 47.8 Å². The summed E-state index contributed by atoms with van der Waals surface area (Å²) in [5.74, 6) is 0.473. The fourth-order valence-corrected chi connectivity index (χ4v) is 3.79. The van der Waals surface area contributed by atoms with E-state index in [9.17, 15) is 0 Å². The zero-order valence-electron chi connectivity index (χ0n) is 12.4. The summed E-state index contributed by atoms with van der Waals surface area (Å²) in [7, 11) is 0. The lowest BCUT2D eigenvalue weighted by atomic mass is 9.95. The zero-order chi connectivity index (χ0) is 14.9. The molecular weight excluding hydrogens is 296 g/mol. The van der Waals surface area contributed by atoms with E-state index in [4.69, 9.17) is 4.74 Å². The van der Waals surface area contributed by atoms with Crippen molar-refractivity contribution in [3.63, 3.8) is 0 Å². The van der Waals surface area contributed by atoms with Crippen LogP contribution in [0.2, 0.25) is 0 Å². The van der Waals surface area contributed by atoms with E-state index >= 15 is 0 Å². The lowest BCUT2D eigenvalue weighted by molar-refractivity contribution is 0.0933. The molecule has 3 heterocycles. The van der Waals surface area contributed by atoms with Gasteiger partial charge in [0, 0.05) is 19.1 Å². The van der Waals surface area contributed by atoms with Crippen molar-refractivity contribution in [1.29, 1.82) is 0 Å². The quantitative estimate of drug-likeness (QED) is 0.803. The van der Waals surface area contributed by atoms with Crippen LogP contribution in [0.3, 0.4) is 0 Å².